The van der Waals surface area contributed by atoms with Crippen LogP contribution in [0.2, 0.25) is 0 Å². The maximum absolute atomic E-state index is 6.71. The molecule has 10 aromatic carbocycles. The Kier molecular flexibility index (Phi) is 9.36. The van der Waals surface area contributed by atoms with Gasteiger partial charge in [-0.2, -0.15) is 0 Å². The molecule has 2 aliphatic rings. The van der Waals surface area contributed by atoms with Gasteiger partial charge in [-0.3, -0.25) is 0 Å². The zero-order valence-electron chi connectivity index (χ0n) is 36.9. The average Bonchev–Trinajstić information content (AvgIpc) is 3.70. The highest BCUT2D eigenvalue weighted by atomic mass is 16.5. The Morgan fingerprint density at radius 1 is 0.235 bits per heavy atom. The van der Waals surface area contributed by atoms with E-state index in [9.17, 15) is 0 Å². The monoisotopic (exact) mass is 867 g/mol. The van der Waals surface area contributed by atoms with Crippen LogP contribution in [-0.4, -0.2) is 15.0 Å². The van der Waals surface area contributed by atoms with Crippen molar-refractivity contribution < 1.29 is 4.74 Å². The van der Waals surface area contributed by atoms with Crippen molar-refractivity contribution in [2.45, 2.75) is 5.41 Å². The Labute approximate surface area is 395 Å². The molecule has 0 amide bonds. The van der Waals surface area contributed by atoms with E-state index in [1.54, 1.807) is 0 Å². The van der Waals surface area contributed by atoms with E-state index in [1.807, 2.05) is 24.3 Å². The molecule has 1 aliphatic heterocycles. The van der Waals surface area contributed by atoms with Gasteiger partial charge < -0.3 is 4.74 Å². The number of rotatable bonds is 7. The molecule has 4 heteroatoms. The largest absolute Gasteiger partial charge is 0.457 e. The Hall–Kier alpha value is -8.99. The summed E-state index contributed by atoms with van der Waals surface area (Å²) in [5.41, 5.74) is 18.3. The zero-order valence-corrected chi connectivity index (χ0v) is 36.9. The molecule has 1 aromatic heterocycles. The zero-order chi connectivity index (χ0) is 45.0. The fourth-order valence-electron chi connectivity index (χ4n) is 10.4. The number of para-hydroxylation sites is 2. The quantitative estimate of drug-likeness (QED) is 0.160. The van der Waals surface area contributed by atoms with Gasteiger partial charge in [0.25, 0.3) is 0 Å². The van der Waals surface area contributed by atoms with E-state index >= 15 is 0 Å². The molecule has 0 radical (unpaired) electrons. The Morgan fingerprint density at radius 3 is 1.06 bits per heavy atom. The minimum atomic E-state index is -0.645. The molecule has 68 heavy (non-hydrogen) atoms. The standard InChI is InChI=1S/C64H41N3O/c1-5-17-42(18-6-1)45-29-31-47(32-30-45)62-65-61(46-23-11-4-12-24-46)66-63(67-62)49-34-36-56-54(41-49)53-40-48(52-38-50(43-19-7-2-8-20-43)37-51(39-52)44-21-9-3-10-22-44)33-35-55(53)64(56)57-25-13-15-27-59(57)68-60-28-16-14-26-58(60)64/h1-41H. The van der Waals surface area contributed by atoms with Crippen molar-refractivity contribution in [3.63, 3.8) is 0 Å². The average molecular weight is 868 g/mol. The van der Waals surface area contributed by atoms with Crippen LogP contribution in [0.3, 0.4) is 0 Å². The minimum absolute atomic E-state index is 0.610. The van der Waals surface area contributed by atoms with Gasteiger partial charge in [0.15, 0.2) is 17.5 Å². The van der Waals surface area contributed by atoms with E-state index < -0.39 is 5.41 Å². The summed E-state index contributed by atoms with van der Waals surface area (Å²) >= 11 is 0. The van der Waals surface area contributed by atoms with E-state index in [2.05, 4.69) is 224 Å². The fourth-order valence-corrected chi connectivity index (χ4v) is 10.4. The second-order valence-corrected chi connectivity index (χ2v) is 17.5. The van der Waals surface area contributed by atoms with Crippen molar-refractivity contribution in [2.24, 2.45) is 0 Å². The molecule has 0 saturated heterocycles. The first-order valence-corrected chi connectivity index (χ1v) is 23.1. The molecule has 0 N–H and O–H groups in total. The smallest absolute Gasteiger partial charge is 0.164 e. The van der Waals surface area contributed by atoms with Gasteiger partial charge in [-0.05, 0) is 109 Å². The predicted octanol–water partition coefficient (Wildman–Crippen LogP) is 16.0. The molecule has 0 unspecified atom stereocenters. The van der Waals surface area contributed by atoms with Crippen LogP contribution in [-0.2, 0) is 5.41 Å². The predicted molar refractivity (Wildman–Crippen MR) is 275 cm³/mol. The number of hydrogen-bond donors (Lipinski definition) is 0. The van der Waals surface area contributed by atoms with Crippen LogP contribution in [0, 0.1) is 0 Å². The maximum Gasteiger partial charge on any atom is 0.164 e. The van der Waals surface area contributed by atoms with Gasteiger partial charge in [0.05, 0.1) is 5.41 Å². The molecule has 1 spiro atoms. The number of ether oxygens (including phenoxy) is 1. The Balaban J connectivity index is 1.03. The molecule has 1 aliphatic carbocycles. The van der Waals surface area contributed by atoms with E-state index in [4.69, 9.17) is 19.7 Å². The van der Waals surface area contributed by atoms with E-state index in [-0.39, 0.29) is 0 Å². The van der Waals surface area contributed by atoms with Crippen LogP contribution in [0.5, 0.6) is 11.5 Å². The van der Waals surface area contributed by atoms with Gasteiger partial charge in [-0.1, -0.05) is 206 Å². The molecular weight excluding hydrogens is 827 g/mol. The first-order valence-electron chi connectivity index (χ1n) is 23.1. The van der Waals surface area contributed by atoms with Crippen LogP contribution in [0.25, 0.3) is 89.8 Å². The maximum atomic E-state index is 6.71. The number of hydrogen-bond acceptors (Lipinski definition) is 4. The van der Waals surface area contributed by atoms with Crippen molar-refractivity contribution in [3.8, 4) is 101 Å². The molecule has 318 valence electrons. The van der Waals surface area contributed by atoms with Crippen LogP contribution < -0.4 is 4.74 Å². The summed E-state index contributed by atoms with van der Waals surface area (Å²) in [5, 5.41) is 0. The minimum Gasteiger partial charge on any atom is -0.457 e. The van der Waals surface area contributed by atoms with E-state index in [1.165, 1.54) is 33.4 Å². The topological polar surface area (TPSA) is 47.9 Å². The Morgan fingerprint density at radius 2 is 0.559 bits per heavy atom. The highest BCUT2D eigenvalue weighted by Gasteiger charge is 2.51. The van der Waals surface area contributed by atoms with Crippen molar-refractivity contribution in [3.05, 3.63) is 271 Å². The first kappa shape index (κ1) is 39.4. The lowest BCUT2D eigenvalue weighted by atomic mass is 9.66. The van der Waals surface area contributed by atoms with Crippen LogP contribution in [0.15, 0.2) is 249 Å². The third-order valence-corrected chi connectivity index (χ3v) is 13.6. The summed E-state index contributed by atoms with van der Waals surface area (Å²) in [6.07, 6.45) is 0. The van der Waals surface area contributed by atoms with Gasteiger partial charge in [0.2, 0.25) is 0 Å². The van der Waals surface area contributed by atoms with Crippen molar-refractivity contribution >= 4 is 0 Å². The molecule has 11 aromatic rings. The molecule has 0 saturated carbocycles. The highest BCUT2D eigenvalue weighted by Crippen LogP contribution is 2.62. The summed E-state index contributed by atoms with van der Waals surface area (Å²) in [6, 6.07) is 88.3. The summed E-state index contributed by atoms with van der Waals surface area (Å²) in [4.78, 5) is 15.6. The molecule has 0 atom stereocenters. The number of benzene rings is 10. The lowest BCUT2D eigenvalue weighted by Crippen LogP contribution is -2.32. The summed E-state index contributed by atoms with van der Waals surface area (Å²) in [6.45, 7) is 0. The fraction of sp³-hybridized carbons (Fsp3) is 0.0156. The second-order valence-electron chi connectivity index (χ2n) is 17.5. The van der Waals surface area contributed by atoms with Gasteiger partial charge in [0.1, 0.15) is 11.5 Å². The molecular formula is C64H41N3O. The van der Waals surface area contributed by atoms with Crippen LogP contribution in [0.4, 0.5) is 0 Å². The van der Waals surface area contributed by atoms with Crippen LogP contribution >= 0.6 is 0 Å². The molecule has 0 fully saturated rings. The lowest BCUT2D eigenvalue weighted by molar-refractivity contribution is 0.436. The van der Waals surface area contributed by atoms with Gasteiger partial charge in [-0.15, -0.1) is 0 Å². The first-order chi connectivity index (χ1) is 33.7. The number of fused-ring (bicyclic) bond motifs is 9. The highest BCUT2D eigenvalue weighted by molar-refractivity contribution is 5.93. The third-order valence-electron chi connectivity index (χ3n) is 13.6. The van der Waals surface area contributed by atoms with Crippen LogP contribution in [0.1, 0.15) is 22.3 Å². The lowest BCUT2D eigenvalue weighted by Gasteiger charge is -2.39. The number of aromatic nitrogens is 3. The summed E-state index contributed by atoms with van der Waals surface area (Å²) in [7, 11) is 0. The molecule has 4 nitrogen and oxygen atoms in total. The van der Waals surface area contributed by atoms with Gasteiger partial charge in [-0.25, -0.2) is 15.0 Å². The van der Waals surface area contributed by atoms with Gasteiger partial charge in [0, 0.05) is 27.8 Å². The summed E-state index contributed by atoms with van der Waals surface area (Å²) in [5.74, 6) is 3.56. The van der Waals surface area contributed by atoms with E-state index in [0.717, 1.165) is 72.7 Å². The van der Waals surface area contributed by atoms with Gasteiger partial charge >= 0.3 is 0 Å². The van der Waals surface area contributed by atoms with Crippen molar-refractivity contribution in [2.75, 3.05) is 0 Å². The van der Waals surface area contributed by atoms with Crippen molar-refractivity contribution in [1.29, 1.82) is 0 Å². The molecule has 0 bridgehead atoms. The number of nitrogens with zero attached hydrogens (tertiary/aromatic N) is 3. The van der Waals surface area contributed by atoms with E-state index in [0.29, 0.717) is 17.5 Å². The molecule has 2 heterocycles. The van der Waals surface area contributed by atoms with Crippen molar-refractivity contribution in [1.82, 2.24) is 15.0 Å². The second kappa shape index (κ2) is 16.2. The normalized spacial score (nSPS) is 12.6. The third kappa shape index (κ3) is 6.57. The molecule has 13 rings (SSSR count). The Bertz CT molecular complexity index is 3580. The summed E-state index contributed by atoms with van der Waals surface area (Å²) < 4.78 is 6.71. The SMILES string of the molecule is c1ccc(-c2ccc(-c3nc(-c4ccccc4)nc(-c4ccc5c(c4)-c4cc(-c6cc(-c7ccccc7)cc(-c7ccccc7)c6)ccc4C54c5ccccc5Oc5ccccc54)n3)cc2)cc1.